The average molecular weight is 352 g/mol. The fourth-order valence-corrected chi connectivity index (χ4v) is 2.57. The highest BCUT2D eigenvalue weighted by Gasteiger charge is 2.15. The summed E-state index contributed by atoms with van der Waals surface area (Å²) in [5.41, 5.74) is 1.90. The van der Waals surface area contributed by atoms with Gasteiger partial charge in [0, 0.05) is 18.8 Å². The van der Waals surface area contributed by atoms with Crippen LogP contribution in [0.5, 0.6) is 0 Å². The molecule has 134 valence electrons. The molecule has 8 heteroatoms. The van der Waals surface area contributed by atoms with E-state index in [1.54, 1.807) is 6.07 Å². The van der Waals surface area contributed by atoms with Crippen LogP contribution in [0.4, 0.5) is 10.6 Å². The van der Waals surface area contributed by atoms with Gasteiger partial charge in [0.05, 0.1) is 16.9 Å². The Labute approximate surface area is 150 Å². The van der Waals surface area contributed by atoms with Crippen molar-refractivity contribution < 1.29 is 9.59 Å². The van der Waals surface area contributed by atoms with E-state index in [1.165, 1.54) is 6.20 Å². The molecule has 0 radical (unpaired) electrons. The van der Waals surface area contributed by atoms with E-state index < -0.39 is 0 Å². The topological polar surface area (TPSA) is 112 Å². The fraction of sp³-hybridized carbons (Fsp3) is 0.222. The first kappa shape index (κ1) is 17.4. The molecule has 4 N–H and O–H groups in total. The lowest BCUT2D eigenvalue weighted by atomic mass is 10.1. The van der Waals surface area contributed by atoms with Gasteiger partial charge in [-0.15, -0.1) is 0 Å². The Kier molecular flexibility index (Phi) is 5.12. The predicted molar refractivity (Wildman–Crippen MR) is 98.9 cm³/mol. The van der Waals surface area contributed by atoms with Crippen molar-refractivity contribution in [3.63, 3.8) is 0 Å². The van der Waals surface area contributed by atoms with E-state index in [4.69, 9.17) is 0 Å². The van der Waals surface area contributed by atoms with E-state index in [0.717, 1.165) is 5.56 Å². The first-order chi connectivity index (χ1) is 12.6. The summed E-state index contributed by atoms with van der Waals surface area (Å²) in [6.45, 7) is 4.25. The smallest absolute Gasteiger partial charge is 0.320 e. The van der Waals surface area contributed by atoms with Crippen LogP contribution >= 0.6 is 0 Å². The number of benzene rings is 1. The SMILES string of the molecule is CCNC(=O)c1n[nH]c2cc(NC(=O)NC(C)c3ccccc3)ncc12. The second-order valence-corrected chi connectivity index (χ2v) is 5.78. The summed E-state index contributed by atoms with van der Waals surface area (Å²) in [5, 5.41) is 15.6. The third kappa shape index (κ3) is 3.80. The number of nitrogens with one attached hydrogen (secondary N) is 4. The van der Waals surface area contributed by atoms with E-state index in [0.29, 0.717) is 23.3 Å². The van der Waals surface area contributed by atoms with Crippen molar-refractivity contribution in [3.8, 4) is 0 Å². The molecule has 3 rings (SSSR count). The van der Waals surface area contributed by atoms with Crippen molar-refractivity contribution in [3.05, 3.63) is 53.9 Å². The van der Waals surface area contributed by atoms with Gasteiger partial charge in [0.1, 0.15) is 5.82 Å². The zero-order valence-electron chi connectivity index (χ0n) is 14.5. The summed E-state index contributed by atoms with van der Waals surface area (Å²) < 4.78 is 0. The van der Waals surface area contributed by atoms with Gasteiger partial charge < -0.3 is 10.6 Å². The second kappa shape index (κ2) is 7.64. The van der Waals surface area contributed by atoms with Crippen LogP contribution in [0.25, 0.3) is 10.9 Å². The third-order valence-electron chi connectivity index (χ3n) is 3.89. The van der Waals surface area contributed by atoms with Crippen molar-refractivity contribution in [1.82, 2.24) is 25.8 Å². The number of pyridine rings is 1. The summed E-state index contributed by atoms with van der Waals surface area (Å²) >= 11 is 0. The molecule has 1 atom stereocenters. The normalized spacial score (nSPS) is 11.8. The maximum absolute atomic E-state index is 12.2. The summed E-state index contributed by atoms with van der Waals surface area (Å²) in [7, 11) is 0. The highest BCUT2D eigenvalue weighted by atomic mass is 16.2. The lowest BCUT2D eigenvalue weighted by Gasteiger charge is -2.14. The maximum Gasteiger partial charge on any atom is 0.320 e. The number of aromatic amines is 1. The average Bonchev–Trinajstić information content (AvgIpc) is 3.06. The van der Waals surface area contributed by atoms with Gasteiger partial charge in [0.25, 0.3) is 5.91 Å². The molecule has 0 aliphatic carbocycles. The Balaban J connectivity index is 1.69. The minimum absolute atomic E-state index is 0.142. The minimum atomic E-state index is -0.364. The first-order valence-corrected chi connectivity index (χ1v) is 8.33. The zero-order chi connectivity index (χ0) is 18.5. The second-order valence-electron chi connectivity index (χ2n) is 5.78. The van der Waals surface area contributed by atoms with Crippen LogP contribution < -0.4 is 16.0 Å². The van der Waals surface area contributed by atoms with Crippen molar-refractivity contribution >= 4 is 28.7 Å². The number of aromatic nitrogens is 3. The third-order valence-corrected chi connectivity index (χ3v) is 3.89. The van der Waals surface area contributed by atoms with Crippen LogP contribution in [0.1, 0.15) is 35.9 Å². The van der Waals surface area contributed by atoms with E-state index in [9.17, 15) is 9.59 Å². The fourth-order valence-electron chi connectivity index (χ4n) is 2.57. The number of carbonyl (C=O) groups is 2. The molecular formula is C18H20N6O2. The van der Waals surface area contributed by atoms with E-state index in [-0.39, 0.29) is 23.7 Å². The van der Waals surface area contributed by atoms with Crippen molar-refractivity contribution in [1.29, 1.82) is 0 Å². The number of hydrogen-bond acceptors (Lipinski definition) is 4. The molecule has 3 aromatic rings. The first-order valence-electron chi connectivity index (χ1n) is 8.33. The Bertz CT molecular complexity index is 922. The molecule has 0 saturated heterocycles. The number of hydrogen-bond donors (Lipinski definition) is 4. The summed E-state index contributed by atoms with van der Waals surface area (Å²) in [5.74, 6) is 0.0945. The lowest BCUT2D eigenvalue weighted by molar-refractivity contribution is 0.0952. The van der Waals surface area contributed by atoms with Crippen LogP contribution in [0, 0.1) is 0 Å². The molecule has 0 aliphatic rings. The van der Waals surface area contributed by atoms with Gasteiger partial charge in [-0.3, -0.25) is 15.2 Å². The standard InChI is InChI=1S/C18H20N6O2/c1-3-19-17(25)16-13-10-20-15(9-14(13)23-24-16)22-18(26)21-11(2)12-7-5-4-6-8-12/h4-11H,3H2,1-2H3,(H,19,25)(H,23,24)(H2,20,21,22,26). The molecule has 0 spiro atoms. The van der Waals surface area contributed by atoms with Gasteiger partial charge in [-0.2, -0.15) is 5.10 Å². The molecule has 2 heterocycles. The predicted octanol–water partition coefficient (Wildman–Crippen LogP) is 2.59. The summed E-state index contributed by atoms with van der Waals surface area (Å²) in [6, 6.07) is 10.8. The number of carbonyl (C=O) groups excluding carboxylic acids is 2. The van der Waals surface area contributed by atoms with E-state index >= 15 is 0 Å². The number of fused-ring (bicyclic) bond motifs is 1. The zero-order valence-corrected chi connectivity index (χ0v) is 14.5. The molecule has 1 aromatic carbocycles. The molecule has 26 heavy (non-hydrogen) atoms. The molecule has 3 amide bonds. The molecule has 0 aliphatic heterocycles. The van der Waals surface area contributed by atoms with Gasteiger partial charge in [0.2, 0.25) is 0 Å². The lowest BCUT2D eigenvalue weighted by Crippen LogP contribution is -2.31. The number of rotatable bonds is 5. The van der Waals surface area contributed by atoms with Gasteiger partial charge in [0.15, 0.2) is 5.69 Å². The molecule has 1 unspecified atom stereocenters. The van der Waals surface area contributed by atoms with Gasteiger partial charge >= 0.3 is 6.03 Å². The van der Waals surface area contributed by atoms with Crippen LogP contribution in [-0.4, -0.2) is 33.7 Å². The number of urea groups is 1. The Hall–Kier alpha value is -3.42. The number of nitrogens with zero attached hydrogens (tertiary/aromatic N) is 2. The molecule has 8 nitrogen and oxygen atoms in total. The summed E-state index contributed by atoms with van der Waals surface area (Å²) in [4.78, 5) is 28.3. The monoisotopic (exact) mass is 352 g/mol. The van der Waals surface area contributed by atoms with E-state index in [1.807, 2.05) is 44.2 Å². The van der Waals surface area contributed by atoms with Crippen LogP contribution in [0.2, 0.25) is 0 Å². The van der Waals surface area contributed by atoms with Crippen LogP contribution in [0.15, 0.2) is 42.6 Å². The van der Waals surface area contributed by atoms with Crippen LogP contribution in [0.3, 0.4) is 0 Å². The minimum Gasteiger partial charge on any atom is -0.351 e. The number of amides is 3. The number of H-pyrrole nitrogens is 1. The van der Waals surface area contributed by atoms with Crippen molar-refractivity contribution in [2.24, 2.45) is 0 Å². The van der Waals surface area contributed by atoms with Gasteiger partial charge in [-0.1, -0.05) is 30.3 Å². The van der Waals surface area contributed by atoms with Crippen molar-refractivity contribution in [2.75, 3.05) is 11.9 Å². The summed E-state index contributed by atoms with van der Waals surface area (Å²) in [6.07, 6.45) is 1.51. The van der Waals surface area contributed by atoms with E-state index in [2.05, 4.69) is 31.1 Å². The van der Waals surface area contributed by atoms with Gasteiger partial charge in [-0.05, 0) is 19.4 Å². The maximum atomic E-state index is 12.2. The molecule has 2 aromatic heterocycles. The molecule has 0 saturated carbocycles. The largest absolute Gasteiger partial charge is 0.351 e. The highest BCUT2D eigenvalue weighted by molar-refractivity contribution is 6.05. The Morgan fingerprint density at radius 1 is 1.23 bits per heavy atom. The Morgan fingerprint density at radius 3 is 2.73 bits per heavy atom. The van der Waals surface area contributed by atoms with Gasteiger partial charge in [-0.25, -0.2) is 9.78 Å². The molecule has 0 bridgehead atoms. The highest BCUT2D eigenvalue weighted by Crippen LogP contribution is 2.18. The van der Waals surface area contributed by atoms with Crippen LogP contribution in [-0.2, 0) is 0 Å². The number of anilines is 1. The quantitative estimate of drug-likeness (QED) is 0.565. The molecular weight excluding hydrogens is 332 g/mol. The molecule has 0 fully saturated rings. The Morgan fingerprint density at radius 2 is 2.00 bits per heavy atom. The van der Waals surface area contributed by atoms with Crippen molar-refractivity contribution in [2.45, 2.75) is 19.9 Å².